The maximum Gasteiger partial charge on any atom is 0.324 e. The van der Waals surface area contributed by atoms with Crippen LogP contribution in [0.5, 0.6) is 0 Å². The number of fused-ring (bicyclic) bond motifs is 6. The molecule has 0 saturated carbocycles. The number of cyclic esters (lactones) is 1. The first-order chi connectivity index (χ1) is 29.1. The van der Waals surface area contributed by atoms with E-state index in [1.165, 1.54) is 21.2 Å². The van der Waals surface area contributed by atoms with Crippen LogP contribution in [0, 0.1) is 17.3 Å². The van der Waals surface area contributed by atoms with Gasteiger partial charge in [-0.1, -0.05) is 33.8 Å². The number of nitrogens with one attached hydrogen (secondary N) is 2. The molecule has 4 amide bonds. The lowest BCUT2D eigenvalue weighted by Gasteiger charge is -2.42. The van der Waals surface area contributed by atoms with Gasteiger partial charge < -0.3 is 34.3 Å². The average Bonchev–Trinajstić information content (AvgIpc) is 3.82. The van der Waals surface area contributed by atoms with Gasteiger partial charge in [0.2, 0.25) is 5.91 Å². The Morgan fingerprint density at radius 1 is 1.18 bits per heavy atom. The van der Waals surface area contributed by atoms with Crippen LogP contribution in [0.2, 0.25) is 0 Å². The first-order valence-electron chi connectivity index (χ1n) is 21.4. The third-order valence-corrected chi connectivity index (χ3v) is 13.1. The van der Waals surface area contributed by atoms with Gasteiger partial charge in [0, 0.05) is 98.3 Å². The number of carbonyl (C=O) groups is 4. The number of nitrogens with zero attached hydrogens (tertiary/aromatic N) is 6. The molecule has 0 radical (unpaired) electrons. The van der Waals surface area contributed by atoms with Crippen LogP contribution in [0.25, 0.3) is 33.4 Å². The molecule has 4 atom stereocenters. The Balaban J connectivity index is 1.29. The number of amides is 4. The lowest BCUT2D eigenvalue weighted by Crippen LogP contribution is -2.63. The number of aryl methyl sites for hydroxylation is 1. The Hall–Kier alpha value is -4.90. The van der Waals surface area contributed by atoms with Crippen molar-refractivity contribution in [3.05, 3.63) is 58.2 Å². The van der Waals surface area contributed by atoms with E-state index in [1.54, 1.807) is 25.3 Å². The summed E-state index contributed by atoms with van der Waals surface area (Å²) in [5.41, 5.74) is 9.30. The highest BCUT2D eigenvalue weighted by Crippen LogP contribution is 2.42. The number of pyridine rings is 1. The van der Waals surface area contributed by atoms with Gasteiger partial charge >= 0.3 is 12.0 Å². The molecule has 3 N–H and O–H groups in total. The van der Waals surface area contributed by atoms with Gasteiger partial charge in [-0.05, 0) is 68.9 Å². The number of ether oxygens (including phenoxy) is 2. The van der Waals surface area contributed by atoms with Crippen LogP contribution in [0.1, 0.15) is 76.8 Å². The van der Waals surface area contributed by atoms with Crippen LogP contribution in [0.15, 0.2) is 41.9 Å². The van der Waals surface area contributed by atoms with Gasteiger partial charge in [-0.25, -0.2) is 15.2 Å². The molecule has 15 nitrogen and oxygen atoms in total. The molecule has 3 aromatic heterocycles. The van der Waals surface area contributed by atoms with Crippen molar-refractivity contribution in [2.45, 2.75) is 98.0 Å². The second-order valence-electron chi connectivity index (χ2n) is 17.8. The van der Waals surface area contributed by atoms with E-state index in [0.29, 0.717) is 50.4 Å². The quantitative estimate of drug-likeness (QED) is 0.190. The third kappa shape index (κ3) is 9.04. The molecule has 6 bridgehead atoms. The van der Waals surface area contributed by atoms with Crippen LogP contribution in [-0.2, 0) is 43.2 Å². The minimum Gasteiger partial charge on any atom is -0.464 e. The Labute approximate surface area is 361 Å². The number of esters is 1. The number of rotatable bonds is 9. The number of likely N-dealkylation sites (N-methyl/N-ethyl adjacent to an activating group) is 1. The molecule has 7 rings (SSSR count). The summed E-state index contributed by atoms with van der Waals surface area (Å²) in [5, 5.41) is 17.6. The van der Waals surface area contributed by atoms with Gasteiger partial charge in [0.25, 0.3) is 5.91 Å². The summed E-state index contributed by atoms with van der Waals surface area (Å²) in [4.78, 5) is 68.9. The van der Waals surface area contributed by atoms with E-state index in [-0.39, 0.29) is 43.6 Å². The molecule has 1 unspecified atom stereocenters. The van der Waals surface area contributed by atoms with Crippen molar-refractivity contribution in [3.8, 4) is 22.5 Å². The van der Waals surface area contributed by atoms with Crippen molar-refractivity contribution in [2.75, 3.05) is 47.0 Å². The predicted molar refractivity (Wildman–Crippen MR) is 233 cm³/mol. The first-order valence-corrected chi connectivity index (χ1v) is 22.3. The lowest BCUT2D eigenvalue weighted by atomic mass is 9.84. The van der Waals surface area contributed by atoms with E-state index in [0.717, 1.165) is 44.7 Å². The molecule has 0 aliphatic carbocycles. The summed E-state index contributed by atoms with van der Waals surface area (Å²) in [6.07, 6.45) is 3.24. The Morgan fingerprint density at radius 3 is 2.66 bits per heavy atom. The van der Waals surface area contributed by atoms with E-state index in [9.17, 15) is 24.3 Å². The van der Waals surface area contributed by atoms with Gasteiger partial charge in [-0.3, -0.25) is 24.4 Å². The van der Waals surface area contributed by atoms with Gasteiger partial charge in [0.05, 0.1) is 34.8 Å². The summed E-state index contributed by atoms with van der Waals surface area (Å²) >= 11 is 1.41. The van der Waals surface area contributed by atoms with Crippen LogP contribution < -0.4 is 10.7 Å². The molecule has 1 aromatic carbocycles. The summed E-state index contributed by atoms with van der Waals surface area (Å²) in [6, 6.07) is 7.39. The fourth-order valence-corrected chi connectivity index (χ4v) is 9.78. The number of hydrogen-bond acceptors (Lipinski definition) is 11. The minimum atomic E-state index is -1.06. The van der Waals surface area contributed by atoms with Crippen LogP contribution >= 0.6 is 11.3 Å². The maximum atomic E-state index is 14.5. The number of thiazole rings is 1. The minimum absolute atomic E-state index is 0.00442. The van der Waals surface area contributed by atoms with Crippen molar-refractivity contribution in [1.82, 2.24) is 40.1 Å². The van der Waals surface area contributed by atoms with E-state index >= 15 is 0 Å². The van der Waals surface area contributed by atoms with Gasteiger partial charge in [-0.2, -0.15) is 0 Å². The third-order valence-electron chi connectivity index (χ3n) is 12.3. The second kappa shape index (κ2) is 18.2. The highest BCUT2D eigenvalue weighted by Gasteiger charge is 2.40. The molecule has 328 valence electrons. The molecule has 0 spiro atoms. The molecule has 3 aliphatic rings. The molecule has 4 aromatic rings. The number of likely N-dealkylation sites (tertiary alicyclic amines) is 1. The Kier molecular flexibility index (Phi) is 13.2. The molecule has 61 heavy (non-hydrogen) atoms. The number of carbonyl (C=O) groups excluding carboxylic acids is 4. The average molecular weight is 857 g/mol. The van der Waals surface area contributed by atoms with Gasteiger partial charge in [-0.15, -0.1) is 11.3 Å². The van der Waals surface area contributed by atoms with Gasteiger partial charge in [0.1, 0.15) is 18.1 Å². The second-order valence-corrected chi connectivity index (χ2v) is 18.8. The highest BCUT2D eigenvalue weighted by atomic mass is 32.1. The number of hydrazine groups is 1. The molecule has 6 heterocycles. The molecule has 3 aliphatic heterocycles. The zero-order valence-corrected chi connectivity index (χ0v) is 37.4. The monoisotopic (exact) mass is 856 g/mol. The topological polar surface area (TPSA) is 171 Å². The summed E-state index contributed by atoms with van der Waals surface area (Å²) < 4.78 is 14.2. The van der Waals surface area contributed by atoms with Crippen LogP contribution in [0.3, 0.4) is 0 Å². The van der Waals surface area contributed by atoms with E-state index < -0.39 is 41.3 Å². The highest BCUT2D eigenvalue weighted by molar-refractivity contribution is 7.10. The van der Waals surface area contributed by atoms with Crippen LogP contribution in [0.4, 0.5) is 4.79 Å². The number of aliphatic hydroxyl groups excluding tert-OH is 1. The SMILES string of the molecule is CCn1c(-c2cccnc2[C@H](C)OC)c2c3cc(ccc31)-c1csc(n1)C[C@H](NC(=O)C(C(C)C)N(C)C(=O)N1CC(CO)C1)C(=O)N1CCC[C@H](N1)C(=O)OCC(C)(C)C2. The number of benzene rings is 1. The molecule has 2 saturated heterocycles. The number of aliphatic hydroxyl groups is 1. The molecular weight excluding hydrogens is 797 g/mol. The molecule has 16 heteroatoms. The maximum absolute atomic E-state index is 14.5. The standard InChI is InChI=1S/C45H60N8O7S/c1-9-52-36-15-14-29-18-31(36)32(40(52)30-12-10-16-46-38(30)27(4)59-8)20-45(5,6)25-60-43(57)33-13-11-17-53(49-33)42(56)34(19-37-47-35(29)24-61-37)48-41(55)39(26(2)3)50(7)44(58)51-21-28(22-51)23-54/h10,12,14-16,18,24,26-28,33-34,39,49,54H,9,11,13,17,19-23,25H2,1-8H3,(H,48,55)/t27-,33-,34-,39?/m0/s1. The van der Waals surface area contributed by atoms with E-state index in [4.69, 9.17) is 19.4 Å². The summed E-state index contributed by atoms with van der Waals surface area (Å²) in [5.74, 6) is -1.59. The van der Waals surface area contributed by atoms with Crippen molar-refractivity contribution in [3.63, 3.8) is 0 Å². The number of urea groups is 1. The Morgan fingerprint density at radius 2 is 1.95 bits per heavy atom. The van der Waals surface area contributed by atoms with Crippen molar-refractivity contribution >= 4 is 46.1 Å². The fraction of sp³-hybridized carbons (Fsp3) is 0.556. The molecular formula is C45H60N8O7S. The zero-order chi connectivity index (χ0) is 43.7. The van der Waals surface area contributed by atoms with Crippen molar-refractivity contribution in [1.29, 1.82) is 0 Å². The normalized spacial score (nSPS) is 20.8. The van der Waals surface area contributed by atoms with Crippen LogP contribution in [-0.4, -0.2) is 123 Å². The van der Waals surface area contributed by atoms with E-state index in [1.807, 2.05) is 32.2 Å². The molecule has 2 fully saturated rings. The first kappa shape index (κ1) is 44.2. The van der Waals surface area contributed by atoms with Crippen molar-refractivity contribution < 1.29 is 33.8 Å². The lowest BCUT2D eigenvalue weighted by molar-refractivity contribution is -0.155. The van der Waals surface area contributed by atoms with E-state index in [2.05, 4.69) is 60.3 Å². The van der Waals surface area contributed by atoms with Gasteiger partial charge in [0.15, 0.2) is 0 Å². The predicted octanol–water partition coefficient (Wildman–Crippen LogP) is 5.20. The largest absolute Gasteiger partial charge is 0.464 e. The van der Waals surface area contributed by atoms with Crippen molar-refractivity contribution in [2.24, 2.45) is 17.3 Å². The summed E-state index contributed by atoms with van der Waals surface area (Å²) in [7, 11) is 3.28. The number of methoxy groups -OCH3 is 1. The zero-order valence-electron chi connectivity index (χ0n) is 36.6. The number of hydrogen-bond donors (Lipinski definition) is 3. The summed E-state index contributed by atoms with van der Waals surface area (Å²) in [6.45, 7) is 14.0. The Bertz CT molecular complexity index is 2270. The fourth-order valence-electron chi connectivity index (χ4n) is 8.93. The smallest absolute Gasteiger partial charge is 0.324 e. The number of aromatic nitrogens is 3.